The Bertz CT molecular complexity index is 126. The summed E-state index contributed by atoms with van der Waals surface area (Å²) < 4.78 is 11.3. The fourth-order valence-electron chi connectivity index (χ4n) is 1.71. The van der Waals surface area contributed by atoms with Gasteiger partial charge in [-0.25, -0.2) is 0 Å². The number of rotatable bonds is 1. The average molecular weight is 157 g/mol. The SMILES string of the molecule is CCC1OC2CCNCC2O1. The second-order valence-electron chi connectivity index (χ2n) is 3.18. The molecule has 0 spiro atoms. The zero-order chi connectivity index (χ0) is 7.68. The molecule has 3 nitrogen and oxygen atoms in total. The van der Waals surface area contributed by atoms with Crippen molar-refractivity contribution in [3.8, 4) is 0 Å². The van der Waals surface area contributed by atoms with Crippen molar-refractivity contribution in [1.82, 2.24) is 5.32 Å². The van der Waals surface area contributed by atoms with Gasteiger partial charge in [0.2, 0.25) is 0 Å². The summed E-state index contributed by atoms with van der Waals surface area (Å²) in [4.78, 5) is 0. The van der Waals surface area contributed by atoms with Gasteiger partial charge in [-0.2, -0.15) is 0 Å². The molecule has 3 atom stereocenters. The smallest absolute Gasteiger partial charge is 0.158 e. The number of hydrogen-bond donors (Lipinski definition) is 1. The molecule has 1 N–H and O–H groups in total. The lowest BCUT2D eigenvalue weighted by molar-refractivity contribution is -0.0651. The van der Waals surface area contributed by atoms with E-state index >= 15 is 0 Å². The van der Waals surface area contributed by atoms with Crippen molar-refractivity contribution in [3.05, 3.63) is 0 Å². The molecule has 0 aliphatic carbocycles. The molecule has 0 aromatic heterocycles. The summed E-state index contributed by atoms with van der Waals surface area (Å²) in [5, 5.41) is 3.30. The first-order valence-corrected chi connectivity index (χ1v) is 4.42. The molecule has 0 aromatic carbocycles. The van der Waals surface area contributed by atoms with Crippen molar-refractivity contribution in [2.75, 3.05) is 13.1 Å². The summed E-state index contributed by atoms with van der Waals surface area (Å²) in [6.45, 7) is 4.12. The maximum absolute atomic E-state index is 5.65. The Hall–Kier alpha value is -0.120. The summed E-state index contributed by atoms with van der Waals surface area (Å²) in [6, 6.07) is 0. The highest BCUT2D eigenvalue weighted by Crippen LogP contribution is 2.24. The first-order chi connectivity index (χ1) is 5.40. The lowest BCUT2D eigenvalue weighted by Crippen LogP contribution is -2.41. The number of nitrogens with one attached hydrogen (secondary N) is 1. The molecule has 3 heteroatoms. The molecule has 0 radical (unpaired) electrons. The van der Waals surface area contributed by atoms with Crippen molar-refractivity contribution in [2.45, 2.75) is 38.3 Å². The predicted octanol–water partition coefficient (Wildman–Crippen LogP) is 0.500. The summed E-state index contributed by atoms with van der Waals surface area (Å²) in [5.41, 5.74) is 0. The highest BCUT2D eigenvalue weighted by atomic mass is 16.7. The van der Waals surface area contributed by atoms with E-state index < -0.39 is 0 Å². The van der Waals surface area contributed by atoms with Crippen molar-refractivity contribution < 1.29 is 9.47 Å². The minimum atomic E-state index is 0.0601. The first-order valence-electron chi connectivity index (χ1n) is 4.42. The molecule has 0 saturated carbocycles. The second kappa shape index (κ2) is 3.09. The normalized spacial score (nSPS) is 43.9. The quantitative estimate of drug-likeness (QED) is 0.601. The molecule has 0 bridgehead atoms. The molecule has 0 amide bonds. The van der Waals surface area contributed by atoms with Gasteiger partial charge in [0.05, 0.1) is 12.2 Å². The fourth-order valence-corrected chi connectivity index (χ4v) is 1.71. The third-order valence-corrected chi connectivity index (χ3v) is 2.35. The number of piperidine rings is 1. The molecule has 2 fully saturated rings. The van der Waals surface area contributed by atoms with Crippen LogP contribution in [0, 0.1) is 0 Å². The van der Waals surface area contributed by atoms with Gasteiger partial charge >= 0.3 is 0 Å². The van der Waals surface area contributed by atoms with E-state index in [0.29, 0.717) is 12.2 Å². The van der Waals surface area contributed by atoms with Crippen LogP contribution in [0.2, 0.25) is 0 Å². The lowest BCUT2D eigenvalue weighted by atomic mass is 10.1. The number of fused-ring (bicyclic) bond motifs is 1. The van der Waals surface area contributed by atoms with E-state index in [1.807, 2.05) is 0 Å². The van der Waals surface area contributed by atoms with Gasteiger partial charge in [0.15, 0.2) is 6.29 Å². The van der Waals surface area contributed by atoms with Crippen LogP contribution in [0.5, 0.6) is 0 Å². The van der Waals surface area contributed by atoms with E-state index in [9.17, 15) is 0 Å². The first kappa shape index (κ1) is 7.53. The minimum absolute atomic E-state index is 0.0601. The standard InChI is InChI=1S/C8H15NO2/c1-2-8-10-6-3-4-9-5-7(6)11-8/h6-9H,2-5H2,1H3. The highest BCUT2D eigenvalue weighted by Gasteiger charge is 2.36. The largest absolute Gasteiger partial charge is 0.347 e. The van der Waals surface area contributed by atoms with Gasteiger partial charge in [-0.1, -0.05) is 6.92 Å². The van der Waals surface area contributed by atoms with Gasteiger partial charge < -0.3 is 14.8 Å². The summed E-state index contributed by atoms with van der Waals surface area (Å²) in [5.74, 6) is 0. The van der Waals surface area contributed by atoms with Crippen LogP contribution in [0.4, 0.5) is 0 Å². The molecule has 3 unspecified atom stereocenters. The molecule has 2 heterocycles. The minimum Gasteiger partial charge on any atom is -0.347 e. The van der Waals surface area contributed by atoms with Crippen LogP contribution in [-0.2, 0) is 9.47 Å². The molecule has 0 aromatic rings. The van der Waals surface area contributed by atoms with Gasteiger partial charge in [-0.3, -0.25) is 0 Å². The van der Waals surface area contributed by atoms with Crippen molar-refractivity contribution in [2.24, 2.45) is 0 Å². The Morgan fingerprint density at radius 1 is 1.36 bits per heavy atom. The van der Waals surface area contributed by atoms with Crippen molar-refractivity contribution in [3.63, 3.8) is 0 Å². The van der Waals surface area contributed by atoms with Crippen LogP contribution in [0.25, 0.3) is 0 Å². The molecule has 2 rings (SSSR count). The summed E-state index contributed by atoms with van der Waals surface area (Å²) in [6.07, 6.45) is 2.80. The zero-order valence-corrected chi connectivity index (χ0v) is 6.88. The van der Waals surface area contributed by atoms with Crippen LogP contribution < -0.4 is 5.32 Å². The van der Waals surface area contributed by atoms with Crippen LogP contribution in [0.3, 0.4) is 0 Å². The topological polar surface area (TPSA) is 30.5 Å². The Kier molecular flexibility index (Phi) is 2.11. The zero-order valence-electron chi connectivity index (χ0n) is 6.88. The van der Waals surface area contributed by atoms with E-state index in [2.05, 4.69) is 12.2 Å². The molecular formula is C8H15NO2. The van der Waals surface area contributed by atoms with E-state index in [0.717, 1.165) is 25.9 Å². The van der Waals surface area contributed by atoms with Crippen molar-refractivity contribution >= 4 is 0 Å². The van der Waals surface area contributed by atoms with Crippen LogP contribution in [-0.4, -0.2) is 31.6 Å². The Morgan fingerprint density at radius 3 is 2.91 bits per heavy atom. The molecule has 11 heavy (non-hydrogen) atoms. The molecule has 2 aliphatic heterocycles. The maximum Gasteiger partial charge on any atom is 0.158 e. The molecule has 64 valence electrons. The Morgan fingerprint density at radius 2 is 2.18 bits per heavy atom. The Labute approximate surface area is 67.1 Å². The monoisotopic (exact) mass is 157 g/mol. The van der Waals surface area contributed by atoms with Crippen molar-refractivity contribution in [1.29, 1.82) is 0 Å². The van der Waals surface area contributed by atoms with E-state index in [-0.39, 0.29) is 6.29 Å². The highest BCUT2D eigenvalue weighted by molar-refractivity contribution is 4.83. The second-order valence-corrected chi connectivity index (χ2v) is 3.18. The fraction of sp³-hybridized carbons (Fsp3) is 1.00. The summed E-state index contributed by atoms with van der Waals surface area (Å²) >= 11 is 0. The third kappa shape index (κ3) is 1.41. The van der Waals surface area contributed by atoms with Gasteiger partial charge in [0, 0.05) is 6.54 Å². The lowest BCUT2D eigenvalue weighted by Gasteiger charge is -2.22. The third-order valence-electron chi connectivity index (χ3n) is 2.35. The molecule has 2 aliphatic rings. The van der Waals surface area contributed by atoms with E-state index in [1.165, 1.54) is 0 Å². The molecular weight excluding hydrogens is 142 g/mol. The Balaban J connectivity index is 1.92. The van der Waals surface area contributed by atoms with Crippen LogP contribution in [0.1, 0.15) is 19.8 Å². The van der Waals surface area contributed by atoms with Crippen LogP contribution >= 0.6 is 0 Å². The number of hydrogen-bond acceptors (Lipinski definition) is 3. The predicted molar refractivity (Wildman–Crippen MR) is 41.3 cm³/mol. The van der Waals surface area contributed by atoms with Gasteiger partial charge in [0.1, 0.15) is 0 Å². The van der Waals surface area contributed by atoms with E-state index in [1.54, 1.807) is 0 Å². The molecule has 2 saturated heterocycles. The van der Waals surface area contributed by atoms with Gasteiger partial charge in [0.25, 0.3) is 0 Å². The summed E-state index contributed by atoms with van der Waals surface area (Å²) in [7, 11) is 0. The van der Waals surface area contributed by atoms with E-state index in [4.69, 9.17) is 9.47 Å². The maximum atomic E-state index is 5.65. The van der Waals surface area contributed by atoms with Gasteiger partial charge in [-0.05, 0) is 19.4 Å². The average Bonchev–Trinajstić information content (AvgIpc) is 2.46. The number of ether oxygens (including phenoxy) is 2. The van der Waals surface area contributed by atoms with Gasteiger partial charge in [-0.15, -0.1) is 0 Å². The van der Waals surface area contributed by atoms with Crippen LogP contribution in [0.15, 0.2) is 0 Å².